The second-order valence-corrected chi connectivity index (χ2v) is 10.8. The number of carbonyl (C=O) groups excluding carboxylic acids is 1. The Labute approximate surface area is 207 Å². The molecule has 1 aliphatic rings. The van der Waals surface area contributed by atoms with Crippen molar-refractivity contribution in [3.05, 3.63) is 87.8 Å². The third-order valence-electron chi connectivity index (χ3n) is 6.51. The van der Waals surface area contributed by atoms with Gasteiger partial charge in [0.05, 0.1) is 4.90 Å². The molecule has 1 aliphatic heterocycles. The maximum atomic E-state index is 13.7. The maximum Gasteiger partial charge on any atom is 0.251 e. The number of likely N-dealkylation sites (N-methyl/N-ethyl adjacent to an activating group) is 1. The Balaban J connectivity index is 1.39. The summed E-state index contributed by atoms with van der Waals surface area (Å²) in [6, 6.07) is 15.2. The van der Waals surface area contributed by atoms with Crippen LogP contribution >= 0.6 is 0 Å². The zero-order valence-corrected chi connectivity index (χ0v) is 20.4. The van der Waals surface area contributed by atoms with Gasteiger partial charge in [-0.15, -0.1) is 0 Å². The Hall–Kier alpha value is -3.60. The largest absolute Gasteiger partial charge is 0.354 e. The van der Waals surface area contributed by atoms with E-state index in [4.69, 9.17) is 0 Å². The zero-order chi connectivity index (χ0) is 25.4. The Morgan fingerprint density at radius 2 is 1.64 bits per heavy atom. The van der Waals surface area contributed by atoms with Crippen LogP contribution in [-0.2, 0) is 16.6 Å². The fraction of sp³-hybridized carbons (Fsp3) is 0.231. The number of halogens is 1. The van der Waals surface area contributed by atoms with Gasteiger partial charge in [-0.25, -0.2) is 12.8 Å². The highest BCUT2D eigenvalue weighted by Crippen LogP contribution is 2.22. The first-order valence-electron chi connectivity index (χ1n) is 11.5. The molecule has 186 valence electrons. The summed E-state index contributed by atoms with van der Waals surface area (Å²) in [5, 5.41) is 3.23. The Morgan fingerprint density at radius 1 is 0.972 bits per heavy atom. The number of aromatic nitrogens is 1. The first kappa shape index (κ1) is 24.1. The first-order valence-corrected chi connectivity index (χ1v) is 13.0. The smallest absolute Gasteiger partial charge is 0.251 e. The van der Waals surface area contributed by atoms with Gasteiger partial charge in [-0.3, -0.25) is 9.59 Å². The van der Waals surface area contributed by atoms with Gasteiger partial charge in [-0.2, -0.15) is 4.31 Å². The summed E-state index contributed by atoms with van der Waals surface area (Å²) >= 11 is 0. The molecule has 1 amide bonds. The molecule has 0 atom stereocenters. The van der Waals surface area contributed by atoms with E-state index in [1.165, 1.54) is 22.5 Å². The molecule has 1 fully saturated rings. The van der Waals surface area contributed by atoms with Crippen LogP contribution in [0.2, 0.25) is 0 Å². The predicted molar refractivity (Wildman–Crippen MR) is 136 cm³/mol. The monoisotopic (exact) mass is 508 g/mol. The van der Waals surface area contributed by atoms with Crippen molar-refractivity contribution in [3.63, 3.8) is 0 Å². The molecule has 0 aliphatic carbocycles. The second-order valence-electron chi connectivity index (χ2n) is 8.90. The molecule has 2 N–H and O–H groups in total. The summed E-state index contributed by atoms with van der Waals surface area (Å²) in [5.74, 6) is -0.978. The van der Waals surface area contributed by atoms with Crippen LogP contribution in [0.4, 0.5) is 4.39 Å². The summed E-state index contributed by atoms with van der Waals surface area (Å²) in [7, 11) is -1.75. The van der Waals surface area contributed by atoms with Crippen molar-refractivity contribution < 1.29 is 17.6 Å². The number of nitrogens with zero attached hydrogens (tertiary/aromatic N) is 2. The Morgan fingerprint density at radius 3 is 2.39 bits per heavy atom. The number of amides is 1. The highest BCUT2D eigenvalue weighted by molar-refractivity contribution is 7.89. The number of hydrogen-bond donors (Lipinski definition) is 2. The first-order chi connectivity index (χ1) is 17.2. The van der Waals surface area contributed by atoms with E-state index in [-0.39, 0.29) is 33.2 Å². The lowest BCUT2D eigenvalue weighted by Gasteiger charge is -2.32. The minimum atomic E-state index is -3.71. The number of rotatable bonds is 5. The summed E-state index contributed by atoms with van der Waals surface area (Å²) in [5.41, 5.74) is 1.37. The third-order valence-corrected chi connectivity index (χ3v) is 8.51. The molecule has 0 radical (unpaired) electrons. The standard InChI is InChI=1S/C26H25FN4O4S/c1-30-10-12-31(13-11-30)36(34,35)24-5-3-2-4-18(24)16-28-26(33)17-6-8-22-20(14-17)25(32)21-15-19(27)7-9-23(21)29-22/h2-9,14-15H,10-13,16H2,1H3,(H,28,33)(H,29,32). The Kier molecular flexibility index (Phi) is 6.33. The lowest BCUT2D eigenvalue weighted by Crippen LogP contribution is -2.47. The number of piperazine rings is 1. The van der Waals surface area contributed by atoms with Crippen LogP contribution in [0.25, 0.3) is 21.8 Å². The molecule has 3 aromatic carbocycles. The molecule has 0 spiro atoms. The predicted octanol–water partition coefficient (Wildman–Crippen LogP) is 2.69. The van der Waals surface area contributed by atoms with E-state index in [1.807, 2.05) is 7.05 Å². The van der Waals surface area contributed by atoms with E-state index < -0.39 is 21.7 Å². The molecule has 0 unspecified atom stereocenters. The zero-order valence-electron chi connectivity index (χ0n) is 19.6. The molecule has 2 heterocycles. The average molecular weight is 509 g/mol. The molecule has 1 saturated heterocycles. The van der Waals surface area contributed by atoms with Gasteiger partial charge < -0.3 is 15.2 Å². The van der Waals surface area contributed by atoms with E-state index in [2.05, 4.69) is 15.2 Å². The van der Waals surface area contributed by atoms with Crippen molar-refractivity contribution in [3.8, 4) is 0 Å². The van der Waals surface area contributed by atoms with Gasteiger partial charge >= 0.3 is 0 Å². The highest BCUT2D eigenvalue weighted by atomic mass is 32.2. The van der Waals surface area contributed by atoms with Gasteiger partial charge in [-0.05, 0) is 55.1 Å². The molecule has 10 heteroatoms. The topological polar surface area (TPSA) is 103 Å². The molecule has 0 bridgehead atoms. The highest BCUT2D eigenvalue weighted by Gasteiger charge is 2.29. The molecule has 36 heavy (non-hydrogen) atoms. The SMILES string of the molecule is CN1CCN(S(=O)(=O)c2ccccc2CNC(=O)c2ccc3[nH]c4ccc(F)cc4c(=O)c3c2)CC1. The van der Waals surface area contributed by atoms with Crippen LogP contribution < -0.4 is 10.7 Å². The lowest BCUT2D eigenvalue weighted by atomic mass is 10.1. The van der Waals surface area contributed by atoms with Gasteiger partial charge in [0.15, 0.2) is 5.43 Å². The molecule has 1 aromatic heterocycles. The van der Waals surface area contributed by atoms with Crippen LogP contribution in [0.15, 0.2) is 70.4 Å². The van der Waals surface area contributed by atoms with Crippen LogP contribution in [0.1, 0.15) is 15.9 Å². The van der Waals surface area contributed by atoms with E-state index in [0.717, 1.165) is 6.07 Å². The molecular formula is C26H25FN4O4S. The second kappa shape index (κ2) is 9.45. The summed E-state index contributed by atoms with van der Waals surface area (Å²) in [6.45, 7) is 2.12. The number of pyridine rings is 1. The lowest BCUT2D eigenvalue weighted by molar-refractivity contribution is 0.0950. The summed E-state index contributed by atoms with van der Waals surface area (Å²) in [6.07, 6.45) is 0. The number of hydrogen-bond acceptors (Lipinski definition) is 5. The number of aromatic amines is 1. The van der Waals surface area contributed by atoms with E-state index in [1.54, 1.807) is 36.4 Å². The van der Waals surface area contributed by atoms with Gasteiger partial charge in [0.1, 0.15) is 5.82 Å². The molecule has 4 aromatic rings. The average Bonchev–Trinajstić information content (AvgIpc) is 2.88. The molecule has 5 rings (SSSR count). The minimum absolute atomic E-state index is 0.000689. The van der Waals surface area contributed by atoms with Crippen molar-refractivity contribution in [1.82, 2.24) is 19.5 Å². The van der Waals surface area contributed by atoms with Crippen LogP contribution in [0.5, 0.6) is 0 Å². The Bertz CT molecular complexity index is 1640. The van der Waals surface area contributed by atoms with Crippen molar-refractivity contribution in [2.45, 2.75) is 11.4 Å². The molecule has 8 nitrogen and oxygen atoms in total. The van der Waals surface area contributed by atoms with Crippen molar-refractivity contribution in [2.75, 3.05) is 33.2 Å². The maximum absolute atomic E-state index is 13.7. The number of sulfonamides is 1. The normalized spacial score (nSPS) is 15.4. The van der Waals surface area contributed by atoms with Gasteiger partial charge in [-0.1, -0.05) is 18.2 Å². The van der Waals surface area contributed by atoms with Crippen molar-refractivity contribution >= 4 is 37.7 Å². The number of nitrogens with one attached hydrogen (secondary N) is 2. The number of benzene rings is 3. The van der Waals surface area contributed by atoms with Gasteiger partial charge in [0.25, 0.3) is 5.91 Å². The van der Waals surface area contributed by atoms with E-state index in [0.29, 0.717) is 42.8 Å². The fourth-order valence-corrected chi connectivity index (χ4v) is 6.08. The number of carbonyl (C=O) groups is 1. The summed E-state index contributed by atoms with van der Waals surface area (Å²) < 4.78 is 41.7. The van der Waals surface area contributed by atoms with Crippen molar-refractivity contribution in [2.24, 2.45) is 0 Å². The fourth-order valence-electron chi connectivity index (χ4n) is 4.43. The quantitative estimate of drug-likeness (QED) is 0.404. The van der Waals surface area contributed by atoms with E-state index >= 15 is 0 Å². The summed E-state index contributed by atoms with van der Waals surface area (Å²) in [4.78, 5) is 31.2. The van der Waals surface area contributed by atoms with Crippen LogP contribution in [0.3, 0.4) is 0 Å². The van der Waals surface area contributed by atoms with Crippen molar-refractivity contribution in [1.29, 1.82) is 0 Å². The third kappa shape index (κ3) is 4.50. The van der Waals surface area contributed by atoms with Crippen LogP contribution in [0, 0.1) is 5.82 Å². The minimum Gasteiger partial charge on any atom is -0.354 e. The number of fused-ring (bicyclic) bond motifs is 2. The number of H-pyrrole nitrogens is 1. The molecular weight excluding hydrogens is 483 g/mol. The molecule has 0 saturated carbocycles. The van der Waals surface area contributed by atoms with Crippen LogP contribution in [-0.4, -0.2) is 61.7 Å². The van der Waals surface area contributed by atoms with Gasteiger partial charge in [0.2, 0.25) is 10.0 Å². The van der Waals surface area contributed by atoms with Gasteiger partial charge in [0, 0.05) is 60.1 Å². The van der Waals surface area contributed by atoms with E-state index in [9.17, 15) is 22.4 Å².